The van der Waals surface area contributed by atoms with Crippen LogP contribution < -0.4 is 5.32 Å². The van der Waals surface area contributed by atoms with Crippen molar-refractivity contribution in [3.63, 3.8) is 0 Å². The minimum absolute atomic E-state index is 0.00982. The first-order valence-electron chi connectivity index (χ1n) is 8.49. The van der Waals surface area contributed by atoms with Crippen molar-refractivity contribution in [2.75, 3.05) is 6.54 Å². The molecule has 25 heavy (non-hydrogen) atoms. The number of alkyl carbamates (subject to hydrolysis) is 1. The number of halogens is 1. The fourth-order valence-corrected chi connectivity index (χ4v) is 3.05. The van der Waals surface area contributed by atoms with Gasteiger partial charge in [0.1, 0.15) is 11.4 Å². The third-order valence-corrected chi connectivity index (χ3v) is 4.54. The summed E-state index contributed by atoms with van der Waals surface area (Å²) < 4.78 is 18.5. The van der Waals surface area contributed by atoms with Crippen LogP contribution in [0, 0.1) is 24.1 Å². The number of ether oxygens (including phenoxy) is 1. The van der Waals surface area contributed by atoms with E-state index in [0.717, 1.165) is 18.4 Å². The Morgan fingerprint density at radius 2 is 1.96 bits per heavy atom. The molecular weight excluding hydrogens is 325 g/mol. The van der Waals surface area contributed by atoms with Gasteiger partial charge in [-0.15, -0.1) is 0 Å². The molecule has 0 aliphatic heterocycles. The molecule has 138 valence electrons. The molecule has 0 bridgehead atoms. The van der Waals surface area contributed by atoms with Gasteiger partial charge in [-0.3, -0.25) is 4.79 Å². The zero-order valence-corrected chi connectivity index (χ0v) is 15.2. The molecule has 0 spiro atoms. The highest BCUT2D eigenvalue weighted by Crippen LogP contribution is 2.48. The van der Waals surface area contributed by atoms with Crippen LogP contribution in [0.3, 0.4) is 0 Å². The lowest BCUT2D eigenvalue weighted by Gasteiger charge is -2.31. The van der Waals surface area contributed by atoms with Gasteiger partial charge in [-0.25, -0.2) is 9.18 Å². The van der Waals surface area contributed by atoms with E-state index in [0.29, 0.717) is 5.56 Å². The lowest BCUT2D eigenvalue weighted by Crippen LogP contribution is -2.47. The highest BCUT2D eigenvalue weighted by molar-refractivity contribution is 5.78. The zero-order chi connectivity index (χ0) is 18.8. The molecule has 1 saturated carbocycles. The van der Waals surface area contributed by atoms with E-state index in [1.54, 1.807) is 33.8 Å². The summed E-state index contributed by atoms with van der Waals surface area (Å²) in [6, 6.07) is 4.36. The van der Waals surface area contributed by atoms with Gasteiger partial charge in [0.25, 0.3) is 0 Å². The maximum absolute atomic E-state index is 13.3. The minimum Gasteiger partial charge on any atom is -0.481 e. The third-order valence-electron chi connectivity index (χ3n) is 4.54. The molecular formula is C19H26FNO4. The highest BCUT2D eigenvalue weighted by atomic mass is 19.1. The monoisotopic (exact) mass is 351 g/mol. The average Bonchev–Trinajstić information content (AvgIpc) is 3.28. The van der Waals surface area contributed by atoms with Crippen molar-refractivity contribution in [1.82, 2.24) is 5.32 Å². The maximum atomic E-state index is 13.3. The molecule has 0 heterocycles. The third kappa shape index (κ3) is 4.94. The number of hydrogen-bond acceptors (Lipinski definition) is 3. The molecule has 1 aromatic carbocycles. The van der Waals surface area contributed by atoms with Gasteiger partial charge >= 0.3 is 12.1 Å². The van der Waals surface area contributed by atoms with E-state index < -0.39 is 23.1 Å². The Morgan fingerprint density at radius 3 is 2.44 bits per heavy atom. The number of hydrogen-bond donors (Lipinski definition) is 2. The first-order chi connectivity index (χ1) is 11.5. The molecule has 1 aliphatic carbocycles. The first kappa shape index (κ1) is 19.2. The summed E-state index contributed by atoms with van der Waals surface area (Å²) in [7, 11) is 0. The summed E-state index contributed by atoms with van der Waals surface area (Å²) >= 11 is 0. The van der Waals surface area contributed by atoms with Gasteiger partial charge in [0, 0.05) is 6.54 Å². The number of nitrogens with one attached hydrogen (secondary N) is 1. The van der Waals surface area contributed by atoms with E-state index in [2.05, 4.69) is 5.32 Å². The molecule has 0 radical (unpaired) electrons. The van der Waals surface area contributed by atoms with E-state index in [-0.39, 0.29) is 24.7 Å². The van der Waals surface area contributed by atoms with Gasteiger partial charge in [-0.2, -0.15) is 0 Å². The number of amides is 1. The zero-order valence-electron chi connectivity index (χ0n) is 15.2. The van der Waals surface area contributed by atoms with Gasteiger partial charge in [-0.05, 0) is 76.1 Å². The van der Waals surface area contributed by atoms with Gasteiger partial charge in [0.2, 0.25) is 0 Å². The van der Waals surface area contributed by atoms with Crippen molar-refractivity contribution in [1.29, 1.82) is 0 Å². The van der Waals surface area contributed by atoms with Crippen LogP contribution in [0.2, 0.25) is 0 Å². The predicted molar refractivity (Wildman–Crippen MR) is 91.9 cm³/mol. The quantitative estimate of drug-likeness (QED) is 0.820. The van der Waals surface area contributed by atoms with Crippen LogP contribution in [0.5, 0.6) is 0 Å². The van der Waals surface area contributed by atoms with Crippen LogP contribution in [0.1, 0.15) is 44.7 Å². The molecule has 2 N–H and O–H groups in total. The summed E-state index contributed by atoms with van der Waals surface area (Å²) in [5, 5.41) is 12.5. The second-order valence-electron chi connectivity index (χ2n) is 7.84. The lowest BCUT2D eigenvalue weighted by atomic mass is 9.76. The van der Waals surface area contributed by atoms with Crippen molar-refractivity contribution >= 4 is 12.1 Å². The van der Waals surface area contributed by atoms with Gasteiger partial charge < -0.3 is 15.2 Å². The minimum atomic E-state index is -1.11. The summed E-state index contributed by atoms with van der Waals surface area (Å²) in [5.41, 5.74) is -0.270. The van der Waals surface area contributed by atoms with Crippen LogP contribution in [0.4, 0.5) is 9.18 Å². The molecule has 1 amide bonds. The van der Waals surface area contributed by atoms with Crippen molar-refractivity contribution < 1.29 is 23.8 Å². The number of benzene rings is 1. The normalized spacial score (nSPS) is 16.8. The molecule has 1 aromatic rings. The standard InChI is InChI=1S/C19H26FNO4/c1-12-9-15(20)8-5-13(12)10-19(16(22)23,14-6-7-14)11-21-17(24)25-18(2,3)4/h5,8-9,14H,6-7,10-11H2,1-4H3,(H,21,24)(H,22,23). The summed E-state index contributed by atoms with van der Waals surface area (Å²) in [6.45, 7) is 7.00. The molecule has 6 heteroatoms. The smallest absolute Gasteiger partial charge is 0.407 e. The fourth-order valence-electron chi connectivity index (χ4n) is 3.05. The SMILES string of the molecule is Cc1cc(F)ccc1CC(CNC(=O)OC(C)(C)C)(C(=O)O)C1CC1. The van der Waals surface area contributed by atoms with Gasteiger partial charge in [0.15, 0.2) is 0 Å². The maximum Gasteiger partial charge on any atom is 0.407 e. The molecule has 1 aliphatic rings. The van der Waals surface area contributed by atoms with Crippen LogP contribution >= 0.6 is 0 Å². The second kappa shape index (κ2) is 7.02. The Bertz CT molecular complexity index is 664. The Labute approximate surface area is 147 Å². The number of aliphatic carboxylic acids is 1. The van der Waals surface area contributed by atoms with Gasteiger partial charge in [-0.1, -0.05) is 6.07 Å². The largest absolute Gasteiger partial charge is 0.481 e. The molecule has 5 nitrogen and oxygen atoms in total. The van der Waals surface area contributed by atoms with Crippen LogP contribution in [-0.2, 0) is 16.0 Å². The first-order valence-corrected chi connectivity index (χ1v) is 8.49. The van der Waals surface area contributed by atoms with E-state index >= 15 is 0 Å². The van der Waals surface area contributed by atoms with Crippen LogP contribution in [0.25, 0.3) is 0 Å². The van der Waals surface area contributed by atoms with E-state index in [9.17, 15) is 19.1 Å². The number of carboxylic acids is 1. The number of aryl methyl sites for hydroxylation is 1. The van der Waals surface area contributed by atoms with Crippen molar-refractivity contribution in [3.8, 4) is 0 Å². The van der Waals surface area contributed by atoms with E-state index in [4.69, 9.17) is 4.74 Å². The second-order valence-corrected chi connectivity index (χ2v) is 7.84. The van der Waals surface area contributed by atoms with Crippen LogP contribution in [-0.4, -0.2) is 29.3 Å². The molecule has 0 saturated heterocycles. The van der Waals surface area contributed by atoms with Crippen molar-refractivity contribution in [2.45, 2.75) is 52.6 Å². The van der Waals surface area contributed by atoms with E-state index in [1.165, 1.54) is 12.1 Å². The van der Waals surface area contributed by atoms with Crippen LogP contribution in [0.15, 0.2) is 18.2 Å². The fraction of sp³-hybridized carbons (Fsp3) is 0.579. The summed E-state index contributed by atoms with van der Waals surface area (Å²) in [5.74, 6) is -1.31. The molecule has 1 atom stereocenters. The van der Waals surface area contributed by atoms with Gasteiger partial charge in [0.05, 0.1) is 5.41 Å². The number of rotatable bonds is 6. The number of carboxylic acid groups (broad SMARTS) is 1. The Kier molecular flexibility index (Phi) is 5.40. The number of carbonyl (C=O) groups excluding carboxylic acids is 1. The van der Waals surface area contributed by atoms with E-state index in [1.807, 2.05) is 0 Å². The Hall–Kier alpha value is -2.11. The summed E-state index contributed by atoms with van der Waals surface area (Å²) in [6.07, 6.45) is 1.23. The van der Waals surface area contributed by atoms with Crippen molar-refractivity contribution in [2.24, 2.45) is 11.3 Å². The molecule has 1 unspecified atom stereocenters. The summed E-state index contributed by atoms with van der Waals surface area (Å²) in [4.78, 5) is 24.1. The molecule has 2 rings (SSSR count). The predicted octanol–water partition coefficient (Wildman–Crippen LogP) is 3.68. The number of carbonyl (C=O) groups is 2. The Morgan fingerprint density at radius 1 is 1.32 bits per heavy atom. The average molecular weight is 351 g/mol. The molecule has 0 aromatic heterocycles. The highest BCUT2D eigenvalue weighted by Gasteiger charge is 2.51. The Balaban J connectivity index is 2.20. The molecule has 1 fully saturated rings. The van der Waals surface area contributed by atoms with Crippen molar-refractivity contribution in [3.05, 3.63) is 35.1 Å². The topological polar surface area (TPSA) is 75.6 Å². The lowest BCUT2D eigenvalue weighted by molar-refractivity contribution is -0.150.